The summed E-state index contributed by atoms with van der Waals surface area (Å²) in [5.41, 5.74) is 5.48. The number of aromatic nitrogens is 3. The van der Waals surface area contributed by atoms with Crippen LogP contribution >= 0.6 is 12.0 Å². The normalized spacial score (nSPS) is 17.9. The van der Waals surface area contributed by atoms with Gasteiger partial charge in [-0.15, -0.1) is 5.10 Å². The van der Waals surface area contributed by atoms with Gasteiger partial charge in [-0.2, -0.15) is 4.33 Å². The van der Waals surface area contributed by atoms with E-state index in [-0.39, 0.29) is 44.0 Å². The summed E-state index contributed by atoms with van der Waals surface area (Å²) in [6.45, 7) is 3.38. The van der Waals surface area contributed by atoms with Gasteiger partial charge in [0, 0.05) is 19.5 Å². The first-order valence-electron chi connectivity index (χ1n) is 20.6. The maximum Gasteiger partial charge on any atom is 0.407 e. The van der Waals surface area contributed by atoms with Crippen LogP contribution in [0.25, 0.3) is 0 Å². The molecule has 6 N–H and O–H groups in total. The van der Waals surface area contributed by atoms with Crippen LogP contribution in [-0.4, -0.2) is 98.8 Å². The van der Waals surface area contributed by atoms with Crippen molar-refractivity contribution >= 4 is 47.5 Å². The third kappa shape index (κ3) is 13.3. The number of nitrogens with zero attached hydrogens (tertiary/aromatic N) is 4. The van der Waals surface area contributed by atoms with Crippen molar-refractivity contribution in [3.8, 4) is 0 Å². The largest absolute Gasteiger partial charge is 0.445 e. The van der Waals surface area contributed by atoms with E-state index in [1.165, 1.54) is 22.9 Å². The van der Waals surface area contributed by atoms with Gasteiger partial charge < -0.3 is 36.4 Å². The highest BCUT2D eigenvalue weighted by Gasteiger charge is 2.45. The van der Waals surface area contributed by atoms with Gasteiger partial charge in [-0.05, 0) is 63.1 Å². The lowest BCUT2D eigenvalue weighted by atomic mass is 9.84. The van der Waals surface area contributed by atoms with Crippen molar-refractivity contribution in [2.75, 3.05) is 20.2 Å². The van der Waals surface area contributed by atoms with Gasteiger partial charge in [0.2, 0.25) is 17.6 Å². The molecule has 1 aliphatic carbocycles. The molecule has 61 heavy (non-hydrogen) atoms. The smallest absolute Gasteiger partial charge is 0.407 e. The number of benzene rings is 2. The first-order valence-corrected chi connectivity index (χ1v) is 21.3. The molecule has 1 saturated carbocycles. The lowest BCUT2D eigenvalue weighted by Gasteiger charge is -2.32. The third-order valence-electron chi connectivity index (χ3n) is 10.9. The number of unbranched alkanes of at least 4 members (excludes halogenated alkanes) is 1. The number of Topliss-reactive ketones (excluding diaryl/α,β-unsaturated/α-hetero) is 1. The SMILES string of the molecule is COOSc1ccccc1C(=O)N[C@H](CC1CCCCC1)C(=O)N1C[C@@H](n2nncc2C(C)(C)O)C[C@H]1C(=O)NC(CCCCNC(=O)OCc1ccccc1)C(=O)C(N)=O. The number of ketones is 1. The van der Waals surface area contributed by atoms with Crippen molar-refractivity contribution in [3.05, 3.63) is 77.6 Å². The number of carbonyl (C=O) groups is 6. The topological polar surface area (TPSA) is 246 Å². The Morgan fingerprint density at radius 1 is 0.967 bits per heavy atom. The van der Waals surface area contributed by atoms with Gasteiger partial charge in [-0.3, -0.25) is 24.0 Å². The molecular formula is C42H56N8O10S. The summed E-state index contributed by atoms with van der Waals surface area (Å²) in [7, 11) is 1.34. The molecule has 19 heteroatoms. The monoisotopic (exact) mass is 864 g/mol. The minimum absolute atomic E-state index is 0.00837. The van der Waals surface area contributed by atoms with Crippen LogP contribution in [-0.2, 0) is 45.3 Å². The molecule has 5 amide bonds. The number of likely N-dealkylation sites (tertiary alicyclic amines) is 1. The van der Waals surface area contributed by atoms with Crippen molar-refractivity contribution in [2.45, 2.75) is 119 Å². The van der Waals surface area contributed by atoms with Gasteiger partial charge in [0.1, 0.15) is 24.3 Å². The van der Waals surface area contributed by atoms with E-state index in [9.17, 15) is 33.9 Å². The molecule has 18 nitrogen and oxygen atoms in total. The summed E-state index contributed by atoms with van der Waals surface area (Å²) >= 11 is 0.847. The van der Waals surface area contributed by atoms with Crippen LogP contribution in [0.5, 0.6) is 0 Å². The summed E-state index contributed by atoms with van der Waals surface area (Å²) < 4.78 is 11.7. The number of rotatable bonds is 21. The number of carbonyl (C=O) groups excluding carboxylic acids is 6. The summed E-state index contributed by atoms with van der Waals surface area (Å²) in [5, 5.41) is 27.4. The second kappa shape index (κ2) is 22.5. The maximum absolute atomic E-state index is 14.9. The van der Waals surface area contributed by atoms with Gasteiger partial charge in [0.25, 0.3) is 11.8 Å². The molecule has 3 aromatic rings. The summed E-state index contributed by atoms with van der Waals surface area (Å²) in [5.74, 6) is -3.90. The van der Waals surface area contributed by atoms with Crippen LogP contribution in [0.3, 0.4) is 0 Å². The molecule has 4 atom stereocenters. The maximum atomic E-state index is 14.9. The van der Waals surface area contributed by atoms with E-state index < -0.39 is 65.3 Å². The lowest BCUT2D eigenvalue weighted by molar-refractivity contribution is -0.160. The van der Waals surface area contributed by atoms with Crippen LogP contribution in [0, 0.1) is 5.92 Å². The first-order chi connectivity index (χ1) is 29.3. The number of nitrogens with one attached hydrogen (secondary N) is 3. The van der Waals surface area contributed by atoms with Gasteiger partial charge in [0.05, 0.1) is 53.6 Å². The Hall–Kier alpha value is -5.37. The fraction of sp³-hybridized carbons (Fsp3) is 0.524. The number of amides is 5. The molecule has 2 aliphatic rings. The predicted octanol–water partition coefficient (Wildman–Crippen LogP) is 3.64. The van der Waals surface area contributed by atoms with Crippen LogP contribution in [0.1, 0.15) is 106 Å². The molecule has 5 rings (SSSR count). The van der Waals surface area contributed by atoms with Gasteiger partial charge in [-0.25, -0.2) is 14.4 Å². The third-order valence-corrected chi connectivity index (χ3v) is 11.7. The minimum atomic E-state index is -1.37. The Bertz CT molecular complexity index is 1970. The number of primary amides is 1. The molecule has 0 bridgehead atoms. The van der Waals surface area contributed by atoms with Crippen molar-refractivity contribution in [3.63, 3.8) is 0 Å². The summed E-state index contributed by atoms with van der Waals surface area (Å²) in [6, 6.07) is 11.7. The van der Waals surface area contributed by atoms with Crippen molar-refractivity contribution < 1.29 is 47.8 Å². The highest BCUT2D eigenvalue weighted by molar-refractivity contribution is 7.94. The van der Waals surface area contributed by atoms with Crippen LogP contribution in [0.15, 0.2) is 65.7 Å². The van der Waals surface area contributed by atoms with Gasteiger partial charge >= 0.3 is 6.09 Å². The molecule has 2 aromatic carbocycles. The molecule has 1 aliphatic heterocycles. The van der Waals surface area contributed by atoms with Crippen molar-refractivity contribution in [1.82, 2.24) is 35.8 Å². The zero-order valence-electron chi connectivity index (χ0n) is 34.7. The van der Waals surface area contributed by atoms with E-state index in [1.54, 1.807) is 38.1 Å². The quantitative estimate of drug-likeness (QED) is 0.0338. The number of alkyl carbamates (subject to hydrolysis) is 1. The summed E-state index contributed by atoms with van der Waals surface area (Å²) in [6.07, 6.45) is 6.59. The molecule has 330 valence electrons. The van der Waals surface area contributed by atoms with E-state index in [1.807, 2.05) is 30.3 Å². The van der Waals surface area contributed by atoms with Crippen LogP contribution in [0.2, 0.25) is 0 Å². The fourth-order valence-corrected chi connectivity index (χ4v) is 8.32. The van der Waals surface area contributed by atoms with E-state index in [2.05, 4.69) is 26.3 Å². The molecule has 0 radical (unpaired) electrons. The standard InChI is InChI=1S/C42H56N8O10S/c1-42(2,57)35-24-45-48-50(35)29-23-33(39(54)46-31(36(51)37(43)52)19-12-13-21-44-41(56)59-26-28-16-8-5-9-17-28)49(25-29)40(55)32(22-27-14-6-4-7-15-27)47-38(53)30-18-10-11-20-34(30)61-60-58-3/h5,8-11,16-18,20,24,27,29,31-33,57H,4,6-7,12-15,19,21-23,25-26H2,1-3H3,(H2,43,52)(H,44,56)(H,46,54)(H,47,53)/t29-,31?,32+,33-/m0/s1. The van der Waals surface area contributed by atoms with Gasteiger partial charge in [-0.1, -0.05) is 79.8 Å². The molecule has 1 unspecified atom stereocenters. The van der Waals surface area contributed by atoms with E-state index in [0.29, 0.717) is 29.9 Å². The number of nitrogens with two attached hydrogens (primary N) is 1. The first kappa shape index (κ1) is 46.7. The molecule has 2 heterocycles. The Balaban J connectivity index is 1.35. The fourth-order valence-electron chi connectivity index (χ4n) is 7.79. The van der Waals surface area contributed by atoms with Crippen LogP contribution in [0.4, 0.5) is 4.79 Å². The van der Waals surface area contributed by atoms with Crippen molar-refractivity contribution in [1.29, 1.82) is 0 Å². The van der Waals surface area contributed by atoms with Crippen LogP contribution < -0.4 is 21.7 Å². The summed E-state index contributed by atoms with van der Waals surface area (Å²) in [4.78, 5) is 87.3. The lowest BCUT2D eigenvalue weighted by Crippen LogP contribution is -2.56. The number of aliphatic hydroxyl groups is 1. The second-order valence-electron chi connectivity index (χ2n) is 15.9. The van der Waals surface area contributed by atoms with E-state index >= 15 is 0 Å². The number of ether oxygens (including phenoxy) is 1. The minimum Gasteiger partial charge on any atom is -0.445 e. The van der Waals surface area contributed by atoms with Gasteiger partial charge in [0.15, 0.2) is 0 Å². The number of hydrogen-bond acceptors (Lipinski definition) is 13. The Morgan fingerprint density at radius 3 is 2.39 bits per heavy atom. The van der Waals surface area contributed by atoms with Crippen molar-refractivity contribution in [2.24, 2.45) is 11.7 Å². The number of hydrogen-bond donors (Lipinski definition) is 5. The Morgan fingerprint density at radius 2 is 1.69 bits per heavy atom. The zero-order chi connectivity index (χ0) is 43.9. The molecule has 0 spiro atoms. The zero-order valence-corrected chi connectivity index (χ0v) is 35.6. The average Bonchev–Trinajstić information content (AvgIpc) is 3.93. The highest BCUT2D eigenvalue weighted by Crippen LogP contribution is 2.34. The molecule has 1 saturated heterocycles. The molecular weight excluding hydrogens is 809 g/mol. The predicted molar refractivity (Wildman–Crippen MR) is 222 cm³/mol. The average molecular weight is 865 g/mol. The molecule has 1 aromatic heterocycles. The Labute approximate surface area is 359 Å². The van der Waals surface area contributed by atoms with E-state index in [0.717, 1.165) is 49.7 Å². The van der Waals surface area contributed by atoms with E-state index in [4.69, 9.17) is 19.7 Å². The highest BCUT2D eigenvalue weighted by atomic mass is 32.2. The molecule has 2 fully saturated rings. The Kier molecular flexibility index (Phi) is 17.2. The second-order valence-corrected chi connectivity index (χ2v) is 16.6.